The van der Waals surface area contributed by atoms with E-state index in [9.17, 15) is 0 Å². The van der Waals surface area contributed by atoms with Crippen molar-refractivity contribution in [2.75, 3.05) is 13.1 Å². The zero-order valence-electron chi connectivity index (χ0n) is 8.82. The standard InChI is InChI=1S/C10H17N5/c11-10(15-6-2-1-3-7-15)12-8-9-4-5-13-14-9/h4-5H,1-3,6-8H2,(H2,11,12)(H,13,14). The summed E-state index contributed by atoms with van der Waals surface area (Å²) in [7, 11) is 0. The first-order valence-electron chi connectivity index (χ1n) is 5.39. The Balaban J connectivity index is 1.88. The van der Waals surface area contributed by atoms with Crippen LogP contribution in [0.1, 0.15) is 25.0 Å². The maximum absolute atomic E-state index is 5.91. The predicted octanol–water partition coefficient (Wildman–Crippen LogP) is 0.710. The Morgan fingerprint density at radius 1 is 1.47 bits per heavy atom. The molecule has 5 nitrogen and oxygen atoms in total. The van der Waals surface area contributed by atoms with Gasteiger partial charge in [0.1, 0.15) is 0 Å². The molecule has 0 radical (unpaired) electrons. The molecular weight excluding hydrogens is 190 g/mol. The molecular formula is C10H17N5. The van der Waals surface area contributed by atoms with Crippen LogP contribution in [0.4, 0.5) is 0 Å². The van der Waals surface area contributed by atoms with E-state index in [1.807, 2.05) is 6.07 Å². The second-order valence-electron chi connectivity index (χ2n) is 3.80. The minimum absolute atomic E-state index is 0.586. The summed E-state index contributed by atoms with van der Waals surface area (Å²) in [6, 6.07) is 1.91. The monoisotopic (exact) mass is 207 g/mol. The molecule has 1 fully saturated rings. The van der Waals surface area contributed by atoms with Gasteiger partial charge in [-0.3, -0.25) is 5.10 Å². The molecule has 0 aromatic carbocycles. The van der Waals surface area contributed by atoms with Crippen molar-refractivity contribution in [1.82, 2.24) is 15.1 Å². The molecule has 0 saturated carbocycles. The third-order valence-corrected chi connectivity index (χ3v) is 2.65. The van der Waals surface area contributed by atoms with Crippen molar-refractivity contribution in [3.05, 3.63) is 18.0 Å². The van der Waals surface area contributed by atoms with Crippen molar-refractivity contribution in [3.63, 3.8) is 0 Å². The molecule has 1 aliphatic rings. The third-order valence-electron chi connectivity index (χ3n) is 2.65. The van der Waals surface area contributed by atoms with Crippen LogP contribution >= 0.6 is 0 Å². The van der Waals surface area contributed by atoms with Crippen molar-refractivity contribution in [3.8, 4) is 0 Å². The second kappa shape index (κ2) is 4.82. The van der Waals surface area contributed by atoms with Crippen LogP contribution in [0.3, 0.4) is 0 Å². The molecule has 82 valence electrons. The van der Waals surface area contributed by atoms with Gasteiger partial charge in [0, 0.05) is 19.3 Å². The summed E-state index contributed by atoms with van der Waals surface area (Å²) in [6.45, 7) is 2.67. The van der Waals surface area contributed by atoms with Gasteiger partial charge >= 0.3 is 0 Å². The van der Waals surface area contributed by atoms with Crippen molar-refractivity contribution in [2.45, 2.75) is 25.8 Å². The molecule has 3 N–H and O–H groups in total. The SMILES string of the molecule is NC(=NCc1ccn[nH]1)N1CCCCC1. The topological polar surface area (TPSA) is 70.3 Å². The van der Waals surface area contributed by atoms with Gasteiger partial charge in [-0.15, -0.1) is 0 Å². The number of guanidine groups is 1. The summed E-state index contributed by atoms with van der Waals surface area (Å²) in [5.74, 6) is 0.657. The lowest BCUT2D eigenvalue weighted by Gasteiger charge is -2.27. The van der Waals surface area contributed by atoms with Crippen LogP contribution in [0, 0.1) is 0 Å². The summed E-state index contributed by atoms with van der Waals surface area (Å²) in [5, 5.41) is 6.73. The van der Waals surface area contributed by atoms with E-state index in [0.717, 1.165) is 18.8 Å². The van der Waals surface area contributed by atoms with Crippen LogP contribution in [0.25, 0.3) is 0 Å². The molecule has 1 aromatic rings. The fraction of sp³-hybridized carbons (Fsp3) is 0.600. The lowest BCUT2D eigenvalue weighted by atomic mass is 10.1. The molecule has 0 spiro atoms. The zero-order chi connectivity index (χ0) is 10.5. The van der Waals surface area contributed by atoms with Crippen molar-refractivity contribution in [2.24, 2.45) is 10.7 Å². The highest BCUT2D eigenvalue weighted by atomic mass is 15.3. The molecule has 1 aromatic heterocycles. The van der Waals surface area contributed by atoms with E-state index in [4.69, 9.17) is 5.73 Å². The molecule has 0 amide bonds. The van der Waals surface area contributed by atoms with Crippen LogP contribution in [0.5, 0.6) is 0 Å². The predicted molar refractivity (Wildman–Crippen MR) is 59.3 cm³/mol. The Labute approximate surface area is 89.4 Å². The molecule has 2 heterocycles. The molecule has 2 rings (SSSR count). The number of nitrogens with two attached hydrogens (primary N) is 1. The van der Waals surface area contributed by atoms with Crippen LogP contribution in [-0.4, -0.2) is 34.1 Å². The second-order valence-corrected chi connectivity index (χ2v) is 3.80. The van der Waals surface area contributed by atoms with E-state index in [2.05, 4.69) is 20.1 Å². The van der Waals surface area contributed by atoms with Gasteiger partial charge in [0.25, 0.3) is 0 Å². The third kappa shape index (κ3) is 2.71. The lowest BCUT2D eigenvalue weighted by Crippen LogP contribution is -2.40. The Bertz CT molecular complexity index is 311. The van der Waals surface area contributed by atoms with Crippen LogP contribution in [-0.2, 0) is 6.54 Å². The van der Waals surface area contributed by atoms with E-state index in [0.29, 0.717) is 12.5 Å². The number of aromatic nitrogens is 2. The van der Waals surface area contributed by atoms with E-state index < -0.39 is 0 Å². The molecule has 0 atom stereocenters. The number of aromatic amines is 1. The molecule has 0 aliphatic carbocycles. The summed E-state index contributed by atoms with van der Waals surface area (Å²) in [5.41, 5.74) is 6.90. The number of hydrogen-bond acceptors (Lipinski definition) is 2. The Hall–Kier alpha value is -1.52. The number of nitrogens with one attached hydrogen (secondary N) is 1. The summed E-state index contributed by atoms with van der Waals surface area (Å²) >= 11 is 0. The lowest BCUT2D eigenvalue weighted by molar-refractivity contribution is 0.338. The number of hydrogen-bond donors (Lipinski definition) is 2. The molecule has 5 heteroatoms. The molecule has 1 saturated heterocycles. The van der Waals surface area contributed by atoms with Gasteiger partial charge in [-0.25, -0.2) is 4.99 Å². The van der Waals surface area contributed by atoms with Crippen LogP contribution in [0.2, 0.25) is 0 Å². The Kier molecular flexibility index (Phi) is 3.22. The van der Waals surface area contributed by atoms with Gasteiger partial charge in [0.15, 0.2) is 5.96 Å². The van der Waals surface area contributed by atoms with Gasteiger partial charge in [-0.2, -0.15) is 5.10 Å². The summed E-state index contributed by atoms with van der Waals surface area (Å²) in [4.78, 5) is 6.49. The Morgan fingerprint density at radius 3 is 2.93 bits per heavy atom. The van der Waals surface area contributed by atoms with Crippen LogP contribution < -0.4 is 5.73 Å². The van der Waals surface area contributed by atoms with Crippen molar-refractivity contribution >= 4 is 5.96 Å². The molecule has 1 aliphatic heterocycles. The van der Waals surface area contributed by atoms with Crippen molar-refractivity contribution < 1.29 is 0 Å². The van der Waals surface area contributed by atoms with E-state index >= 15 is 0 Å². The fourth-order valence-corrected chi connectivity index (χ4v) is 1.76. The molecule has 0 unspecified atom stereocenters. The number of nitrogens with zero attached hydrogens (tertiary/aromatic N) is 3. The maximum atomic E-state index is 5.91. The quantitative estimate of drug-likeness (QED) is 0.554. The fourth-order valence-electron chi connectivity index (χ4n) is 1.76. The summed E-state index contributed by atoms with van der Waals surface area (Å²) < 4.78 is 0. The van der Waals surface area contributed by atoms with Gasteiger partial charge < -0.3 is 10.6 Å². The number of aliphatic imine (C=N–C) groups is 1. The molecule has 0 bridgehead atoms. The minimum Gasteiger partial charge on any atom is -0.370 e. The number of rotatable bonds is 2. The van der Waals surface area contributed by atoms with Crippen LogP contribution in [0.15, 0.2) is 17.3 Å². The average Bonchev–Trinajstić information content (AvgIpc) is 2.80. The highest BCUT2D eigenvalue weighted by molar-refractivity contribution is 5.78. The zero-order valence-corrected chi connectivity index (χ0v) is 8.82. The van der Waals surface area contributed by atoms with Gasteiger partial charge in [0.05, 0.1) is 12.2 Å². The number of likely N-dealkylation sites (tertiary alicyclic amines) is 1. The van der Waals surface area contributed by atoms with E-state index in [-0.39, 0.29) is 0 Å². The average molecular weight is 207 g/mol. The minimum atomic E-state index is 0.586. The maximum Gasteiger partial charge on any atom is 0.191 e. The normalized spacial score (nSPS) is 18.1. The summed E-state index contributed by atoms with van der Waals surface area (Å²) in [6.07, 6.45) is 5.48. The smallest absolute Gasteiger partial charge is 0.191 e. The highest BCUT2D eigenvalue weighted by Gasteiger charge is 2.11. The first kappa shape index (κ1) is 10.0. The first-order valence-corrected chi connectivity index (χ1v) is 5.39. The van der Waals surface area contributed by atoms with Gasteiger partial charge in [-0.05, 0) is 25.3 Å². The molecule has 15 heavy (non-hydrogen) atoms. The van der Waals surface area contributed by atoms with Gasteiger partial charge in [0.2, 0.25) is 0 Å². The number of piperidine rings is 1. The number of H-pyrrole nitrogens is 1. The van der Waals surface area contributed by atoms with Crippen molar-refractivity contribution in [1.29, 1.82) is 0 Å². The Morgan fingerprint density at radius 2 is 2.27 bits per heavy atom. The van der Waals surface area contributed by atoms with E-state index in [1.54, 1.807) is 6.20 Å². The van der Waals surface area contributed by atoms with E-state index in [1.165, 1.54) is 19.3 Å². The largest absolute Gasteiger partial charge is 0.370 e. The highest BCUT2D eigenvalue weighted by Crippen LogP contribution is 2.08. The van der Waals surface area contributed by atoms with Gasteiger partial charge in [-0.1, -0.05) is 0 Å². The first-order chi connectivity index (χ1) is 7.36.